The van der Waals surface area contributed by atoms with Gasteiger partial charge in [0.2, 0.25) is 0 Å². The maximum atomic E-state index is 10.8. The third kappa shape index (κ3) is 4.91. The Morgan fingerprint density at radius 1 is 0.938 bits per heavy atom. The van der Waals surface area contributed by atoms with E-state index in [2.05, 4.69) is 6.92 Å². The smallest absolute Gasteiger partial charge is 0.135 e. The number of carbonyl (C=O) groups excluding carboxylic acids is 2. The van der Waals surface area contributed by atoms with Crippen LogP contribution in [-0.4, -0.2) is 11.6 Å². The largest absolute Gasteiger partial charge is 0.300 e. The van der Waals surface area contributed by atoms with Crippen LogP contribution in [0.15, 0.2) is 0 Å². The number of ketones is 2. The summed E-state index contributed by atoms with van der Waals surface area (Å²) in [6.45, 7) is 4.18. The SMILES string of the molecule is CC1CCCC(=O)C1.CC1CCCCC1=O. The van der Waals surface area contributed by atoms with E-state index in [1.807, 2.05) is 6.92 Å². The van der Waals surface area contributed by atoms with Crippen molar-refractivity contribution in [2.75, 3.05) is 0 Å². The lowest BCUT2D eigenvalue weighted by Gasteiger charge is -2.14. The Morgan fingerprint density at radius 3 is 2.06 bits per heavy atom. The molecule has 0 aliphatic heterocycles. The van der Waals surface area contributed by atoms with Gasteiger partial charge in [-0.05, 0) is 31.6 Å². The molecule has 2 fully saturated rings. The Morgan fingerprint density at radius 2 is 1.69 bits per heavy atom. The van der Waals surface area contributed by atoms with Gasteiger partial charge in [0.25, 0.3) is 0 Å². The molecule has 0 amide bonds. The number of rotatable bonds is 0. The van der Waals surface area contributed by atoms with Crippen LogP contribution in [0.3, 0.4) is 0 Å². The fourth-order valence-electron chi connectivity index (χ4n) is 2.40. The van der Waals surface area contributed by atoms with Crippen LogP contribution in [0.2, 0.25) is 0 Å². The van der Waals surface area contributed by atoms with Gasteiger partial charge in [-0.3, -0.25) is 9.59 Å². The maximum Gasteiger partial charge on any atom is 0.135 e. The highest BCUT2D eigenvalue weighted by Gasteiger charge is 2.16. The Balaban J connectivity index is 0.000000160. The van der Waals surface area contributed by atoms with Crippen molar-refractivity contribution in [2.24, 2.45) is 11.8 Å². The average Bonchev–Trinajstić information content (AvgIpc) is 2.23. The Bertz CT molecular complexity index is 245. The fraction of sp³-hybridized carbons (Fsp3) is 0.857. The van der Waals surface area contributed by atoms with Crippen LogP contribution in [0.25, 0.3) is 0 Å². The summed E-state index contributed by atoms with van der Waals surface area (Å²) in [7, 11) is 0. The quantitative estimate of drug-likeness (QED) is 0.630. The zero-order chi connectivity index (χ0) is 12.0. The van der Waals surface area contributed by atoms with Crippen LogP contribution in [0.1, 0.15) is 65.2 Å². The summed E-state index contributed by atoms with van der Waals surface area (Å²) in [4.78, 5) is 21.5. The summed E-state index contributed by atoms with van der Waals surface area (Å²) in [5.74, 6) is 1.96. The summed E-state index contributed by atoms with van der Waals surface area (Å²) >= 11 is 0. The molecule has 2 nitrogen and oxygen atoms in total. The summed E-state index contributed by atoms with van der Waals surface area (Å²) in [5, 5.41) is 0. The second-order valence-corrected chi connectivity index (χ2v) is 5.35. The zero-order valence-electron chi connectivity index (χ0n) is 10.6. The van der Waals surface area contributed by atoms with Gasteiger partial charge < -0.3 is 0 Å². The first-order valence-corrected chi connectivity index (χ1v) is 6.64. The van der Waals surface area contributed by atoms with Gasteiger partial charge in [-0.1, -0.05) is 20.3 Å². The minimum atomic E-state index is 0.365. The first kappa shape index (κ1) is 13.4. The third-order valence-corrected chi connectivity index (χ3v) is 3.59. The van der Waals surface area contributed by atoms with E-state index >= 15 is 0 Å². The van der Waals surface area contributed by atoms with Gasteiger partial charge in [-0.25, -0.2) is 0 Å². The molecule has 2 unspecified atom stereocenters. The molecule has 0 N–H and O–H groups in total. The van der Waals surface area contributed by atoms with Gasteiger partial charge in [0.15, 0.2) is 0 Å². The highest BCUT2D eigenvalue weighted by molar-refractivity contribution is 5.81. The first-order chi connectivity index (χ1) is 7.59. The number of hydrogen-bond donors (Lipinski definition) is 0. The second kappa shape index (κ2) is 6.82. The molecule has 0 radical (unpaired) electrons. The summed E-state index contributed by atoms with van der Waals surface area (Å²) < 4.78 is 0. The molecule has 2 aliphatic carbocycles. The normalized spacial score (nSPS) is 30.6. The van der Waals surface area contributed by atoms with Gasteiger partial charge in [-0.15, -0.1) is 0 Å². The molecule has 2 atom stereocenters. The van der Waals surface area contributed by atoms with Crippen LogP contribution in [-0.2, 0) is 9.59 Å². The van der Waals surface area contributed by atoms with Crippen LogP contribution in [0.5, 0.6) is 0 Å². The molecule has 0 aromatic rings. The van der Waals surface area contributed by atoms with E-state index in [9.17, 15) is 9.59 Å². The lowest BCUT2D eigenvalue weighted by molar-refractivity contribution is -0.124. The Labute approximate surface area is 98.8 Å². The zero-order valence-corrected chi connectivity index (χ0v) is 10.6. The van der Waals surface area contributed by atoms with Crippen molar-refractivity contribution >= 4 is 11.6 Å². The molecule has 0 aromatic heterocycles. The molecular weight excluding hydrogens is 200 g/mol. The molecule has 0 bridgehead atoms. The standard InChI is InChI=1S/2C7H12O/c1-6-3-2-4-7(8)5-6;1-6-4-2-3-5-7(6)8/h2*6H,2-5H2,1H3. The van der Waals surface area contributed by atoms with Crippen molar-refractivity contribution in [1.29, 1.82) is 0 Å². The van der Waals surface area contributed by atoms with E-state index in [4.69, 9.17) is 0 Å². The van der Waals surface area contributed by atoms with Crippen molar-refractivity contribution < 1.29 is 9.59 Å². The summed E-state index contributed by atoms with van der Waals surface area (Å²) in [5.41, 5.74) is 0. The van der Waals surface area contributed by atoms with E-state index in [-0.39, 0.29) is 0 Å². The molecule has 16 heavy (non-hydrogen) atoms. The fourth-order valence-corrected chi connectivity index (χ4v) is 2.40. The highest BCUT2D eigenvalue weighted by Crippen LogP contribution is 2.19. The van der Waals surface area contributed by atoms with Crippen molar-refractivity contribution in [2.45, 2.75) is 65.2 Å². The highest BCUT2D eigenvalue weighted by atomic mass is 16.1. The molecular formula is C14H24O2. The average molecular weight is 224 g/mol. The molecule has 0 saturated heterocycles. The monoisotopic (exact) mass is 224 g/mol. The van der Waals surface area contributed by atoms with Gasteiger partial charge >= 0.3 is 0 Å². The van der Waals surface area contributed by atoms with Gasteiger partial charge in [-0.2, -0.15) is 0 Å². The van der Waals surface area contributed by atoms with E-state index in [0.717, 1.165) is 38.5 Å². The minimum Gasteiger partial charge on any atom is -0.300 e. The minimum absolute atomic E-state index is 0.365. The van der Waals surface area contributed by atoms with Crippen LogP contribution in [0, 0.1) is 11.8 Å². The van der Waals surface area contributed by atoms with E-state index in [1.54, 1.807) is 0 Å². The molecule has 2 heteroatoms. The van der Waals surface area contributed by atoms with Crippen LogP contribution < -0.4 is 0 Å². The van der Waals surface area contributed by atoms with Crippen molar-refractivity contribution in [3.8, 4) is 0 Å². The van der Waals surface area contributed by atoms with Crippen molar-refractivity contribution in [3.63, 3.8) is 0 Å². The molecule has 0 aromatic carbocycles. The molecule has 0 spiro atoms. The molecule has 2 aliphatic rings. The number of carbonyl (C=O) groups is 2. The second-order valence-electron chi connectivity index (χ2n) is 5.35. The lowest BCUT2D eigenvalue weighted by atomic mass is 9.90. The maximum absolute atomic E-state index is 10.8. The predicted octanol–water partition coefficient (Wildman–Crippen LogP) is 3.53. The molecule has 92 valence electrons. The van der Waals surface area contributed by atoms with Gasteiger partial charge in [0, 0.05) is 25.2 Å². The Hall–Kier alpha value is -0.660. The number of hydrogen-bond acceptors (Lipinski definition) is 2. The first-order valence-electron chi connectivity index (χ1n) is 6.64. The van der Waals surface area contributed by atoms with E-state index < -0.39 is 0 Å². The van der Waals surface area contributed by atoms with Gasteiger partial charge in [0.05, 0.1) is 0 Å². The molecule has 2 saturated carbocycles. The molecule has 2 rings (SSSR count). The number of Topliss-reactive ketones (excluding diaryl/α,β-unsaturated/α-hetero) is 2. The van der Waals surface area contributed by atoms with E-state index in [1.165, 1.54) is 12.8 Å². The predicted molar refractivity (Wildman–Crippen MR) is 65.3 cm³/mol. The van der Waals surface area contributed by atoms with Crippen LogP contribution in [0.4, 0.5) is 0 Å². The lowest BCUT2D eigenvalue weighted by Crippen LogP contribution is -2.14. The Kier molecular flexibility index (Phi) is 5.72. The van der Waals surface area contributed by atoms with E-state index in [0.29, 0.717) is 23.4 Å². The third-order valence-electron chi connectivity index (χ3n) is 3.59. The van der Waals surface area contributed by atoms with Crippen molar-refractivity contribution in [3.05, 3.63) is 0 Å². The summed E-state index contributed by atoms with van der Waals surface area (Å²) in [6.07, 6.45) is 8.40. The van der Waals surface area contributed by atoms with Gasteiger partial charge in [0.1, 0.15) is 11.6 Å². The van der Waals surface area contributed by atoms with Crippen molar-refractivity contribution in [1.82, 2.24) is 0 Å². The summed E-state index contributed by atoms with van der Waals surface area (Å²) in [6, 6.07) is 0. The van der Waals surface area contributed by atoms with Crippen LogP contribution >= 0.6 is 0 Å². The molecule has 0 heterocycles. The topological polar surface area (TPSA) is 34.1 Å².